The quantitative estimate of drug-likeness (QED) is 0.862. The van der Waals surface area contributed by atoms with Crippen LogP contribution in [0.25, 0.3) is 0 Å². The molecular formula is C13H13FO2. The molecule has 0 amide bonds. The Labute approximate surface area is 93.3 Å². The van der Waals surface area contributed by atoms with Crippen LogP contribution in [0.5, 0.6) is 0 Å². The zero-order valence-corrected chi connectivity index (χ0v) is 8.98. The minimum Gasteiger partial charge on any atom is -0.472 e. The van der Waals surface area contributed by atoms with Crippen LogP contribution in [0.4, 0.5) is 4.39 Å². The lowest BCUT2D eigenvalue weighted by atomic mass is 10.0. The summed E-state index contributed by atoms with van der Waals surface area (Å²) >= 11 is 0. The van der Waals surface area contributed by atoms with Gasteiger partial charge in [0.1, 0.15) is 5.82 Å². The molecule has 1 heterocycles. The van der Waals surface area contributed by atoms with Gasteiger partial charge in [-0.3, -0.25) is 0 Å². The van der Waals surface area contributed by atoms with Gasteiger partial charge in [-0.2, -0.15) is 0 Å². The summed E-state index contributed by atoms with van der Waals surface area (Å²) in [7, 11) is 0. The Kier molecular flexibility index (Phi) is 3.06. The van der Waals surface area contributed by atoms with Crippen LogP contribution >= 0.6 is 0 Å². The van der Waals surface area contributed by atoms with E-state index in [-0.39, 0.29) is 5.82 Å². The van der Waals surface area contributed by atoms with Crippen LogP contribution < -0.4 is 0 Å². The summed E-state index contributed by atoms with van der Waals surface area (Å²) in [5.41, 5.74) is 2.30. The zero-order valence-electron chi connectivity index (χ0n) is 8.98. The third kappa shape index (κ3) is 2.49. The van der Waals surface area contributed by atoms with Gasteiger partial charge in [0.05, 0.1) is 18.6 Å². The van der Waals surface area contributed by atoms with Gasteiger partial charge in [-0.05, 0) is 41.8 Å². The number of hydrogen-bond acceptors (Lipinski definition) is 2. The summed E-state index contributed by atoms with van der Waals surface area (Å²) in [6.45, 7) is 1.80. The van der Waals surface area contributed by atoms with Crippen LogP contribution in [0.2, 0.25) is 0 Å². The normalized spacial score (nSPS) is 12.7. The third-order valence-corrected chi connectivity index (χ3v) is 2.46. The second kappa shape index (κ2) is 4.49. The van der Waals surface area contributed by atoms with Gasteiger partial charge >= 0.3 is 0 Å². The molecule has 1 aromatic carbocycles. The third-order valence-electron chi connectivity index (χ3n) is 2.46. The van der Waals surface area contributed by atoms with E-state index in [4.69, 9.17) is 4.42 Å². The number of aryl methyl sites for hydroxylation is 1. The molecule has 0 radical (unpaired) electrons. The first kappa shape index (κ1) is 10.9. The molecule has 0 saturated heterocycles. The Bertz CT molecular complexity index is 443. The summed E-state index contributed by atoms with van der Waals surface area (Å²) in [6.07, 6.45) is 2.86. The van der Waals surface area contributed by atoms with Crippen molar-refractivity contribution in [2.24, 2.45) is 0 Å². The van der Waals surface area contributed by atoms with Gasteiger partial charge in [0, 0.05) is 6.42 Å². The number of aliphatic hydroxyl groups excluding tert-OH is 1. The summed E-state index contributed by atoms with van der Waals surface area (Å²) in [5.74, 6) is -0.318. The van der Waals surface area contributed by atoms with E-state index in [2.05, 4.69) is 0 Å². The molecule has 2 nitrogen and oxygen atoms in total. The largest absolute Gasteiger partial charge is 0.472 e. The Hall–Kier alpha value is -1.61. The lowest BCUT2D eigenvalue weighted by Crippen LogP contribution is -2.02. The summed E-state index contributed by atoms with van der Waals surface area (Å²) in [4.78, 5) is 0. The van der Waals surface area contributed by atoms with Crippen LogP contribution in [0.3, 0.4) is 0 Å². The average molecular weight is 220 g/mol. The maximum atomic E-state index is 13.1. The predicted molar refractivity (Wildman–Crippen MR) is 58.5 cm³/mol. The van der Waals surface area contributed by atoms with Crippen LogP contribution in [-0.2, 0) is 6.42 Å². The molecule has 1 unspecified atom stereocenters. The Morgan fingerprint density at radius 3 is 2.81 bits per heavy atom. The Balaban J connectivity index is 2.17. The molecule has 2 aromatic rings. The lowest BCUT2D eigenvalue weighted by molar-refractivity contribution is 0.177. The maximum Gasteiger partial charge on any atom is 0.123 e. The molecule has 2 rings (SSSR count). The molecular weight excluding hydrogens is 207 g/mol. The van der Waals surface area contributed by atoms with E-state index in [9.17, 15) is 9.50 Å². The van der Waals surface area contributed by atoms with E-state index in [0.717, 1.165) is 11.1 Å². The number of hydrogen-bond donors (Lipinski definition) is 1. The van der Waals surface area contributed by atoms with E-state index in [1.165, 1.54) is 12.1 Å². The fourth-order valence-corrected chi connectivity index (χ4v) is 1.71. The zero-order chi connectivity index (χ0) is 11.5. The van der Waals surface area contributed by atoms with Crippen molar-refractivity contribution in [3.05, 3.63) is 59.3 Å². The smallest absolute Gasteiger partial charge is 0.123 e. The van der Waals surface area contributed by atoms with E-state index < -0.39 is 6.10 Å². The molecule has 0 aliphatic carbocycles. The van der Waals surface area contributed by atoms with Crippen molar-refractivity contribution >= 4 is 0 Å². The first-order chi connectivity index (χ1) is 7.65. The molecule has 0 spiro atoms. The van der Waals surface area contributed by atoms with E-state index in [1.807, 2.05) is 0 Å². The molecule has 0 aliphatic heterocycles. The van der Waals surface area contributed by atoms with Crippen molar-refractivity contribution in [3.63, 3.8) is 0 Å². The molecule has 0 saturated carbocycles. The summed E-state index contributed by atoms with van der Waals surface area (Å²) in [6, 6.07) is 6.37. The highest BCUT2D eigenvalue weighted by atomic mass is 19.1. The highest BCUT2D eigenvalue weighted by Crippen LogP contribution is 2.20. The van der Waals surface area contributed by atoms with Crippen molar-refractivity contribution in [1.29, 1.82) is 0 Å². The van der Waals surface area contributed by atoms with Crippen molar-refractivity contribution < 1.29 is 13.9 Å². The first-order valence-electron chi connectivity index (χ1n) is 5.11. The standard InChI is InChI=1S/C13H13FO2/c1-9-4-11(7-12(14)5-9)13(15)6-10-2-3-16-8-10/h2-5,7-8,13,15H,6H2,1H3. The van der Waals surface area contributed by atoms with Crippen molar-refractivity contribution in [2.45, 2.75) is 19.4 Å². The summed E-state index contributed by atoms with van der Waals surface area (Å²) < 4.78 is 18.1. The molecule has 16 heavy (non-hydrogen) atoms. The number of benzene rings is 1. The molecule has 84 valence electrons. The van der Waals surface area contributed by atoms with Crippen LogP contribution in [0, 0.1) is 12.7 Å². The molecule has 0 aliphatic rings. The second-order valence-electron chi connectivity index (χ2n) is 3.91. The van der Waals surface area contributed by atoms with E-state index in [1.54, 1.807) is 31.6 Å². The minimum atomic E-state index is -0.702. The molecule has 0 bridgehead atoms. The van der Waals surface area contributed by atoms with Gasteiger partial charge < -0.3 is 9.52 Å². The average Bonchev–Trinajstić information content (AvgIpc) is 2.68. The number of furan rings is 1. The van der Waals surface area contributed by atoms with Gasteiger partial charge in [-0.25, -0.2) is 4.39 Å². The second-order valence-corrected chi connectivity index (χ2v) is 3.91. The van der Waals surface area contributed by atoms with Gasteiger partial charge in [-0.15, -0.1) is 0 Å². The maximum absolute atomic E-state index is 13.1. The molecule has 0 fully saturated rings. The Morgan fingerprint density at radius 1 is 1.38 bits per heavy atom. The number of aliphatic hydroxyl groups is 1. The van der Waals surface area contributed by atoms with Crippen LogP contribution in [-0.4, -0.2) is 5.11 Å². The highest BCUT2D eigenvalue weighted by molar-refractivity contribution is 5.26. The fraction of sp³-hybridized carbons (Fsp3) is 0.231. The molecule has 1 aromatic heterocycles. The van der Waals surface area contributed by atoms with Crippen molar-refractivity contribution in [2.75, 3.05) is 0 Å². The topological polar surface area (TPSA) is 33.4 Å². The van der Waals surface area contributed by atoms with Gasteiger partial charge in [-0.1, -0.05) is 6.07 Å². The van der Waals surface area contributed by atoms with E-state index >= 15 is 0 Å². The number of halogens is 1. The lowest BCUT2D eigenvalue weighted by Gasteiger charge is -2.10. The number of rotatable bonds is 3. The van der Waals surface area contributed by atoms with Gasteiger partial charge in [0.25, 0.3) is 0 Å². The summed E-state index contributed by atoms with van der Waals surface area (Å²) in [5, 5.41) is 9.93. The Morgan fingerprint density at radius 2 is 2.19 bits per heavy atom. The molecule has 1 N–H and O–H groups in total. The monoisotopic (exact) mass is 220 g/mol. The molecule has 3 heteroatoms. The highest BCUT2D eigenvalue weighted by Gasteiger charge is 2.10. The fourth-order valence-electron chi connectivity index (χ4n) is 1.71. The van der Waals surface area contributed by atoms with Crippen molar-refractivity contribution in [1.82, 2.24) is 0 Å². The van der Waals surface area contributed by atoms with Crippen LogP contribution in [0.1, 0.15) is 22.8 Å². The van der Waals surface area contributed by atoms with E-state index in [0.29, 0.717) is 12.0 Å². The van der Waals surface area contributed by atoms with Crippen LogP contribution in [0.15, 0.2) is 41.2 Å². The van der Waals surface area contributed by atoms with Gasteiger partial charge in [0.15, 0.2) is 0 Å². The molecule has 1 atom stereocenters. The first-order valence-corrected chi connectivity index (χ1v) is 5.11. The van der Waals surface area contributed by atoms with Gasteiger partial charge in [0.2, 0.25) is 0 Å². The van der Waals surface area contributed by atoms with Crippen molar-refractivity contribution in [3.8, 4) is 0 Å². The predicted octanol–water partition coefficient (Wildman–Crippen LogP) is 3.00. The SMILES string of the molecule is Cc1cc(F)cc(C(O)Cc2ccoc2)c1. The minimum absolute atomic E-state index is 0.318.